The topological polar surface area (TPSA) is 117 Å². The first-order chi connectivity index (χ1) is 15.8. The smallest absolute Gasteiger partial charge is 0.321 e. The highest BCUT2D eigenvalue weighted by molar-refractivity contribution is 6.40. The van der Waals surface area contributed by atoms with Crippen molar-refractivity contribution in [3.8, 4) is 0 Å². The quantitative estimate of drug-likeness (QED) is 0.486. The lowest BCUT2D eigenvalue weighted by Gasteiger charge is -2.17. The molecule has 1 saturated carbocycles. The Morgan fingerprint density at radius 1 is 1.18 bits per heavy atom. The van der Waals surface area contributed by atoms with E-state index in [-0.39, 0.29) is 40.6 Å². The molecule has 2 heterocycles. The first-order valence-electron chi connectivity index (χ1n) is 10.2. The first-order valence-corrected chi connectivity index (χ1v) is 11.0. The monoisotopic (exact) mass is 489 g/mol. The lowest BCUT2D eigenvalue weighted by molar-refractivity contribution is -0.117. The second-order valence-corrected chi connectivity index (χ2v) is 8.55. The highest BCUT2D eigenvalue weighted by Gasteiger charge is 2.30. The molecule has 1 aromatic carbocycles. The Labute approximate surface area is 199 Å². The van der Waals surface area contributed by atoms with E-state index in [1.807, 2.05) is 0 Å². The standard InChI is InChI=1S/C22H21Cl2N5O4/c1-28(8-9-30)22(33)26-13-10-15(23)18(16(24)11-13)21(32)29-7-5-14-17(29)4-6-25-19(14)27-20(31)12-2-3-12/h4-7,10-12,30H,2-3,8-9H2,1H3,(H,26,33)(H,25,27,31). The molecule has 0 unspecified atom stereocenters. The van der Waals surface area contributed by atoms with Crippen molar-refractivity contribution in [3.63, 3.8) is 0 Å². The number of hydrogen-bond acceptors (Lipinski definition) is 5. The lowest BCUT2D eigenvalue weighted by Crippen LogP contribution is -2.33. The zero-order chi connectivity index (χ0) is 23.7. The highest BCUT2D eigenvalue weighted by atomic mass is 35.5. The predicted molar refractivity (Wildman–Crippen MR) is 126 cm³/mol. The van der Waals surface area contributed by atoms with Gasteiger partial charge in [-0.15, -0.1) is 0 Å². The Morgan fingerprint density at radius 3 is 2.52 bits per heavy atom. The van der Waals surface area contributed by atoms with Crippen LogP contribution in [0.3, 0.4) is 0 Å². The molecule has 0 bridgehead atoms. The van der Waals surface area contributed by atoms with Gasteiger partial charge in [0.05, 0.1) is 27.7 Å². The number of aromatic nitrogens is 2. The fraction of sp³-hybridized carbons (Fsp3) is 0.273. The molecule has 2 aromatic heterocycles. The second kappa shape index (κ2) is 9.38. The van der Waals surface area contributed by atoms with Crippen molar-refractivity contribution in [2.75, 3.05) is 30.8 Å². The number of hydrogen-bond donors (Lipinski definition) is 3. The third-order valence-corrected chi connectivity index (χ3v) is 5.91. The number of likely N-dealkylation sites (N-methyl/N-ethyl adjacent to an activating group) is 1. The largest absolute Gasteiger partial charge is 0.395 e. The van der Waals surface area contributed by atoms with Gasteiger partial charge in [0.25, 0.3) is 5.91 Å². The number of aliphatic hydroxyl groups is 1. The number of anilines is 2. The summed E-state index contributed by atoms with van der Waals surface area (Å²) in [7, 11) is 1.53. The summed E-state index contributed by atoms with van der Waals surface area (Å²) >= 11 is 12.7. The summed E-state index contributed by atoms with van der Waals surface area (Å²) in [5.41, 5.74) is 0.914. The number of nitrogens with one attached hydrogen (secondary N) is 2. The van der Waals surface area contributed by atoms with Crippen molar-refractivity contribution < 1.29 is 19.5 Å². The molecule has 0 saturated heterocycles. The normalized spacial score (nSPS) is 13.1. The summed E-state index contributed by atoms with van der Waals surface area (Å²) in [6.45, 7) is -0.0201. The second-order valence-electron chi connectivity index (χ2n) is 7.74. The van der Waals surface area contributed by atoms with Crippen LogP contribution in [0.4, 0.5) is 16.3 Å². The third-order valence-electron chi connectivity index (χ3n) is 5.31. The van der Waals surface area contributed by atoms with Crippen LogP contribution in [0.15, 0.2) is 36.7 Å². The van der Waals surface area contributed by atoms with Gasteiger partial charge in [0.15, 0.2) is 0 Å². The molecule has 1 aliphatic rings. The number of aliphatic hydroxyl groups excluding tert-OH is 1. The van der Waals surface area contributed by atoms with Crippen LogP contribution in [-0.2, 0) is 4.79 Å². The molecule has 172 valence electrons. The molecule has 3 amide bonds. The molecular formula is C22H21Cl2N5O4. The number of rotatable bonds is 6. The summed E-state index contributed by atoms with van der Waals surface area (Å²) in [6.07, 6.45) is 4.81. The minimum Gasteiger partial charge on any atom is -0.395 e. The summed E-state index contributed by atoms with van der Waals surface area (Å²) in [5.74, 6) is -0.146. The van der Waals surface area contributed by atoms with Crippen molar-refractivity contribution >= 4 is 63.5 Å². The summed E-state index contributed by atoms with van der Waals surface area (Å²) in [5, 5.41) is 15.1. The number of urea groups is 1. The molecule has 0 spiro atoms. The molecule has 9 nitrogen and oxygen atoms in total. The van der Waals surface area contributed by atoms with Crippen LogP contribution < -0.4 is 10.6 Å². The molecule has 3 N–H and O–H groups in total. The third kappa shape index (κ3) is 4.80. The van der Waals surface area contributed by atoms with Gasteiger partial charge in [-0.3, -0.25) is 14.2 Å². The lowest BCUT2D eigenvalue weighted by atomic mass is 10.1. The van der Waals surface area contributed by atoms with Crippen molar-refractivity contribution in [1.82, 2.24) is 14.5 Å². The minimum atomic E-state index is -0.471. The van der Waals surface area contributed by atoms with E-state index in [2.05, 4.69) is 15.6 Å². The Balaban J connectivity index is 1.61. The van der Waals surface area contributed by atoms with Crippen molar-refractivity contribution in [3.05, 3.63) is 52.3 Å². The van der Waals surface area contributed by atoms with Crippen LogP contribution >= 0.6 is 23.2 Å². The van der Waals surface area contributed by atoms with Gasteiger partial charge in [-0.1, -0.05) is 23.2 Å². The van der Waals surface area contributed by atoms with E-state index >= 15 is 0 Å². The van der Waals surface area contributed by atoms with E-state index in [1.165, 1.54) is 34.8 Å². The molecule has 33 heavy (non-hydrogen) atoms. The van der Waals surface area contributed by atoms with Gasteiger partial charge in [-0.25, -0.2) is 9.78 Å². The fourth-order valence-electron chi connectivity index (χ4n) is 3.35. The number of benzene rings is 1. The summed E-state index contributed by atoms with van der Waals surface area (Å²) in [6, 6.07) is 5.75. The molecule has 0 atom stereocenters. The molecule has 3 aromatic rings. The number of nitrogens with zero attached hydrogens (tertiary/aromatic N) is 3. The van der Waals surface area contributed by atoms with Gasteiger partial charge in [-0.2, -0.15) is 0 Å². The maximum atomic E-state index is 13.3. The minimum absolute atomic E-state index is 0.0193. The van der Waals surface area contributed by atoms with Crippen LogP contribution in [0.1, 0.15) is 23.2 Å². The van der Waals surface area contributed by atoms with E-state index < -0.39 is 11.9 Å². The number of carbonyl (C=O) groups is 3. The van der Waals surface area contributed by atoms with E-state index in [1.54, 1.807) is 18.3 Å². The summed E-state index contributed by atoms with van der Waals surface area (Å²) in [4.78, 5) is 43.1. The molecular weight excluding hydrogens is 469 g/mol. The maximum Gasteiger partial charge on any atom is 0.321 e. The molecule has 4 rings (SSSR count). The average Bonchev–Trinajstić information content (AvgIpc) is 3.52. The molecule has 11 heteroatoms. The van der Waals surface area contributed by atoms with Crippen molar-refractivity contribution in [2.45, 2.75) is 12.8 Å². The summed E-state index contributed by atoms with van der Waals surface area (Å²) < 4.78 is 1.38. The zero-order valence-electron chi connectivity index (χ0n) is 17.6. The fourth-order valence-corrected chi connectivity index (χ4v) is 4.00. The van der Waals surface area contributed by atoms with Gasteiger partial charge in [0.2, 0.25) is 5.91 Å². The Morgan fingerprint density at radius 2 is 1.88 bits per heavy atom. The molecule has 1 fully saturated rings. The molecule has 0 aliphatic heterocycles. The van der Waals surface area contributed by atoms with Gasteiger partial charge >= 0.3 is 6.03 Å². The number of amides is 3. The van der Waals surface area contributed by atoms with Gasteiger partial charge in [-0.05, 0) is 37.1 Å². The van der Waals surface area contributed by atoms with Crippen molar-refractivity contribution in [2.24, 2.45) is 5.92 Å². The van der Waals surface area contributed by atoms with Crippen LogP contribution in [0.5, 0.6) is 0 Å². The zero-order valence-corrected chi connectivity index (χ0v) is 19.2. The van der Waals surface area contributed by atoms with Crippen LogP contribution in [0.2, 0.25) is 10.0 Å². The van der Waals surface area contributed by atoms with Crippen LogP contribution in [0.25, 0.3) is 10.9 Å². The van der Waals surface area contributed by atoms with E-state index in [9.17, 15) is 14.4 Å². The number of carbonyl (C=O) groups excluding carboxylic acids is 3. The van der Waals surface area contributed by atoms with Crippen molar-refractivity contribution in [1.29, 1.82) is 0 Å². The van der Waals surface area contributed by atoms with Gasteiger partial charge < -0.3 is 20.6 Å². The molecule has 0 radical (unpaired) electrons. The number of pyridine rings is 1. The Kier molecular flexibility index (Phi) is 6.55. The SMILES string of the molecule is CN(CCO)C(=O)Nc1cc(Cl)c(C(=O)n2ccc3c(NC(=O)C4CC4)nccc32)c(Cl)c1. The Bertz CT molecular complexity index is 1230. The highest BCUT2D eigenvalue weighted by Crippen LogP contribution is 2.33. The number of halogens is 2. The Hall–Kier alpha value is -3.14. The first kappa shape index (κ1) is 23.0. The van der Waals surface area contributed by atoms with Gasteiger partial charge in [0.1, 0.15) is 5.82 Å². The predicted octanol–water partition coefficient (Wildman–Crippen LogP) is 3.84. The van der Waals surface area contributed by atoms with Gasteiger partial charge in [0, 0.05) is 43.0 Å². The molecule has 1 aliphatic carbocycles. The maximum absolute atomic E-state index is 13.3. The van der Waals surface area contributed by atoms with Crippen LogP contribution in [-0.4, -0.2) is 57.6 Å². The van der Waals surface area contributed by atoms with E-state index in [0.717, 1.165) is 12.8 Å². The van der Waals surface area contributed by atoms with E-state index in [4.69, 9.17) is 28.3 Å². The van der Waals surface area contributed by atoms with E-state index in [0.29, 0.717) is 22.4 Å². The average molecular weight is 490 g/mol. The number of fused-ring (bicyclic) bond motifs is 1. The van der Waals surface area contributed by atoms with Crippen LogP contribution in [0, 0.1) is 5.92 Å².